The Morgan fingerprint density at radius 2 is 1.69 bits per heavy atom. The molecule has 2 aromatic carbocycles. The van der Waals surface area contributed by atoms with Gasteiger partial charge in [0.15, 0.2) is 0 Å². The van der Waals surface area contributed by atoms with Crippen molar-refractivity contribution in [2.75, 3.05) is 7.05 Å². The minimum absolute atomic E-state index is 0.151. The molecule has 0 saturated carbocycles. The summed E-state index contributed by atoms with van der Waals surface area (Å²) in [7, 11) is 1.60. The van der Waals surface area contributed by atoms with Crippen molar-refractivity contribution in [3.8, 4) is 0 Å². The zero-order valence-corrected chi connectivity index (χ0v) is 15.0. The summed E-state index contributed by atoms with van der Waals surface area (Å²) in [5, 5.41) is 2.70. The van der Waals surface area contributed by atoms with Gasteiger partial charge in [0.05, 0.1) is 0 Å². The van der Waals surface area contributed by atoms with Crippen LogP contribution in [0.25, 0.3) is 0 Å². The minimum Gasteiger partial charge on any atom is -0.340 e. The van der Waals surface area contributed by atoms with E-state index >= 15 is 0 Å². The van der Waals surface area contributed by atoms with Crippen LogP contribution in [0.15, 0.2) is 48.5 Å². The van der Waals surface area contributed by atoms with Gasteiger partial charge in [-0.05, 0) is 47.9 Å². The lowest BCUT2D eigenvalue weighted by molar-refractivity contribution is -0.133. The van der Waals surface area contributed by atoms with E-state index in [9.17, 15) is 18.4 Å². The fourth-order valence-corrected chi connectivity index (χ4v) is 2.56. The molecule has 0 aliphatic carbocycles. The first-order valence-electron chi connectivity index (χ1n) is 8.33. The van der Waals surface area contributed by atoms with Crippen molar-refractivity contribution >= 4 is 11.8 Å². The second-order valence-corrected chi connectivity index (χ2v) is 6.53. The van der Waals surface area contributed by atoms with Crippen molar-refractivity contribution in [2.45, 2.75) is 26.4 Å². The van der Waals surface area contributed by atoms with E-state index < -0.39 is 17.8 Å². The van der Waals surface area contributed by atoms with Crippen LogP contribution >= 0.6 is 0 Å². The Bertz CT molecular complexity index is 776. The maximum absolute atomic E-state index is 13.3. The van der Waals surface area contributed by atoms with Crippen LogP contribution in [0.5, 0.6) is 0 Å². The summed E-state index contributed by atoms with van der Waals surface area (Å²) in [6.45, 7) is 3.87. The standard InChI is InChI=1S/C20H22F2N2O2/c1-13(2)18(23-19(25)15-7-9-16(21)10-8-15)20(26)24(3)12-14-5-4-6-17(22)11-14/h4-11,13,18H,12H2,1-3H3,(H,23,25)/t18-/m0/s1. The van der Waals surface area contributed by atoms with Crippen LogP contribution in [0, 0.1) is 17.6 Å². The quantitative estimate of drug-likeness (QED) is 0.859. The number of likely N-dealkylation sites (N-methyl/N-ethyl adjacent to an activating group) is 1. The molecular weight excluding hydrogens is 338 g/mol. The second-order valence-electron chi connectivity index (χ2n) is 6.53. The Hall–Kier alpha value is -2.76. The number of nitrogens with one attached hydrogen (secondary N) is 1. The molecule has 0 heterocycles. The second kappa shape index (κ2) is 8.56. The highest BCUT2D eigenvalue weighted by Gasteiger charge is 2.27. The SMILES string of the molecule is CC(C)[C@H](NC(=O)c1ccc(F)cc1)C(=O)N(C)Cc1cccc(F)c1. The van der Waals surface area contributed by atoms with Gasteiger partial charge in [-0.15, -0.1) is 0 Å². The Kier molecular flexibility index (Phi) is 6.44. The van der Waals surface area contributed by atoms with Crippen LogP contribution in [0.3, 0.4) is 0 Å². The molecule has 2 aromatic rings. The van der Waals surface area contributed by atoms with Crippen LogP contribution in [0.2, 0.25) is 0 Å². The molecule has 6 heteroatoms. The smallest absolute Gasteiger partial charge is 0.251 e. The number of hydrogen-bond donors (Lipinski definition) is 1. The molecule has 2 amide bonds. The molecule has 0 saturated heterocycles. The molecule has 0 unspecified atom stereocenters. The van der Waals surface area contributed by atoms with Crippen molar-refractivity contribution in [2.24, 2.45) is 5.92 Å². The number of amides is 2. The third-order valence-electron chi connectivity index (χ3n) is 4.01. The molecule has 26 heavy (non-hydrogen) atoms. The van der Waals surface area contributed by atoms with Gasteiger partial charge in [-0.2, -0.15) is 0 Å². The van der Waals surface area contributed by atoms with Gasteiger partial charge in [-0.25, -0.2) is 8.78 Å². The molecule has 1 N–H and O–H groups in total. The molecular formula is C20H22F2N2O2. The predicted molar refractivity (Wildman–Crippen MR) is 95.4 cm³/mol. The average molecular weight is 360 g/mol. The topological polar surface area (TPSA) is 49.4 Å². The van der Waals surface area contributed by atoms with E-state index in [0.717, 1.165) is 0 Å². The zero-order chi connectivity index (χ0) is 19.3. The van der Waals surface area contributed by atoms with Crippen LogP contribution in [0.1, 0.15) is 29.8 Å². The number of halogens is 2. The van der Waals surface area contributed by atoms with Gasteiger partial charge in [0, 0.05) is 19.2 Å². The molecule has 1 atom stereocenters. The highest BCUT2D eigenvalue weighted by molar-refractivity contribution is 5.97. The highest BCUT2D eigenvalue weighted by atomic mass is 19.1. The predicted octanol–water partition coefficient (Wildman–Crippen LogP) is 3.38. The number of hydrogen-bond acceptors (Lipinski definition) is 2. The number of rotatable bonds is 6. The van der Waals surface area contributed by atoms with Crippen molar-refractivity contribution < 1.29 is 18.4 Å². The highest BCUT2D eigenvalue weighted by Crippen LogP contribution is 2.12. The Morgan fingerprint density at radius 1 is 1.04 bits per heavy atom. The van der Waals surface area contributed by atoms with Crippen LogP contribution in [-0.4, -0.2) is 29.8 Å². The van der Waals surface area contributed by atoms with Crippen LogP contribution in [0.4, 0.5) is 8.78 Å². The summed E-state index contributed by atoms with van der Waals surface area (Å²) in [5.41, 5.74) is 0.936. The molecule has 0 fully saturated rings. The maximum Gasteiger partial charge on any atom is 0.251 e. The normalized spacial score (nSPS) is 11.9. The monoisotopic (exact) mass is 360 g/mol. The summed E-state index contributed by atoms with van der Waals surface area (Å²) in [5.74, 6) is -1.68. The van der Waals surface area contributed by atoms with E-state index in [1.54, 1.807) is 19.2 Å². The molecule has 2 rings (SSSR count). The van der Waals surface area contributed by atoms with Crippen LogP contribution < -0.4 is 5.32 Å². The molecule has 4 nitrogen and oxygen atoms in total. The number of carbonyl (C=O) groups is 2. The van der Waals surface area contributed by atoms with Crippen LogP contribution in [-0.2, 0) is 11.3 Å². The number of nitrogens with zero attached hydrogens (tertiary/aromatic N) is 1. The fraction of sp³-hybridized carbons (Fsp3) is 0.300. The Balaban J connectivity index is 2.08. The fourth-order valence-electron chi connectivity index (χ4n) is 2.56. The number of benzene rings is 2. The molecule has 138 valence electrons. The van der Waals surface area contributed by atoms with Crippen molar-refractivity contribution in [3.63, 3.8) is 0 Å². The first-order chi connectivity index (χ1) is 12.3. The van der Waals surface area contributed by atoms with Gasteiger partial charge >= 0.3 is 0 Å². The van der Waals surface area contributed by atoms with Gasteiger partial charge < -0.3 is 10.2 Å². The maximum atomic E-state index is 13.3. The lowest BCUT2D eigenvalue weighted by Crippen LogP contribution is -2.50. The van der Waals surface area contributed by atoms with E-state index in [-0.39, 0.29) is 29.8 Å². The summed E-state index contributed by atoms with van der Waals surface area (Å²) in [6, 6.07) is 10.4. The lowest BCUT2D eigenvalue weighted by atomic mass is 10.0. The largest absolute Gasteiger partial charge is 0.340 e. The minimum atomic E-state index is -0.744. The lowest BCUT2D eigenvalue weighted by Gasteiger charge is -2.27. The van der Waals surface area contributed by atoms with E-state index in [1.807, 2.05) is 13.8 Å². The molecule has 0 aliphatic rings. The third kappa shape index (κ3) is 5.12. The van der Waals surface area contributed by atoms with Gasteiger partial charge in [0.2, 0.25) is 5.91 Å². The molecule has 0 aromatic heterocycles. The van der Waals surface area contributed by atoms with Gasteiger partial charge in [0.25, 0.3) is 5.91 Å². The summed E-state index contributed by atoms with van der Waals surface area (Å²) in [4.78, 5) is 26.5. The summed E-state index contributed by atoms with van der Waals surface area (Å²) in [6.07, 6.45) is 0. The number of carbonyl (C=O) groups excluding carboxylic acids is 2. The summed E-state index contributed by atoms with van der Waals surface area (Å²) >= 11 is 0. The first kappa shape index (κ1) is 19.6. The molecule has 0 spiro atoms. The van der Waals surface area contributed by atoms with E-state index in [1.165, 1.54) is 41.3 Å². The summed E-state index contributed by atoms with van der Waals surface area (Å²) < 4.78 is 26.3. The molecule has 0 bridgehead atoms. The zero-order valence-electron chi connectivity index (χ0n) is 15.0. The first-order valence-corrected chi connectivity index (χ1v) is 8.33. The van der Waals surface area contributed by atoms with E-state index in [0.29, 0.717) is 5.56 Å². The average Bonchev–Trinajstić information content (AvgIpc) is 2.59. The van der Waals surface area contributed by atoms with Gasteiger partial charge in [-0.1, -0.05) is 26.0 Å². The third-order valence-corrected chi connectivity index (χ3v) is 4.01. The van der Waals surface area contributed by atoms with E-state index in [4.69, 9.17) is 0 Å². The van der Waals surface area contributed by atoms with Crippen molar-refractivity contribution in [1.29, 1.82) is 0 Å². The van der Waals surface area contributed by atoms with Gasteiger partial charge in [0.1, 0.15) is 17.7 Å². The molecule has 0 aliphatic heterocycles. The van der Waals surface area contributed by atoms with Crippen molar-refractivity contribution in [1.82, 2.24) is 10.2 Å². The van der Waals surface area contributed by atoms with Gasteiger partial charge in [-0.3, -0.25) is 9.59 Å². The Morgan fingerprint density at radius 3 is 2.27 bits per heavy atom. The van der Waals surface area contributed by atoms with Crippen molar-refractivity contribution in [3.05, 3.63) is 71.3 Å². The Labute approximate surface area is 151 Å². The van der Waals surface area contributed by atoms with E-state index in [2.05, 4.69) is 5.32 Å². The molecule has 0 radical (unpaired) electrons.